The molecule has 1 fully saturated rings. The fourth-order valence-electron chi connectivity index (χ4n) is 1.38. The maximum Gasteiger partial charge on any atom is 0.242 e. The summed E-state index contributed by atoms with van der Waals surface area (Å²) in [6, 6.07) is 0. The Balaban J connectivity index is 2.62. The molecule has 15 heavy (non-hydrogen) atoms. The van der Waals surface area contributed by atoms with Crippen LogP contribution in [0, 0.1) is 0 Å². The molecule has 1 heterocycles. The van der Waals surface area contributed by atoms with Gasteiger partial charge < -0.3 is 0 Å². The molecule has 1 atom stereocenters. The van der Waals surface area contributed by atoms with Gasteiger partial charge in [0.05, 0.1) is 11.8 Å². The Morgan fingerprint density at radius 1 is 1.60 bits per heavy atom. The maximum absolute atomic E-state index is 11.7. The Morgan fingerprint density at radius 2 is 2.27 bits per heavy atom. The van der Waals surface area contributed by atoms with E-state index in [1.165, 1.54) is 11.6 Å². The molecule has 0 aromatic carbocycles. The van der Waals surface area contributed by atoms with Crippen LogP contribution in [0.3, 0.4) is 0 Å². The molecule has 1 radical (unpaired) electrons. The summed E-state index contributed by atoms with van der Waals surface area (Å²) in [7, 11) is 0. The second-order valence-electron chi connectivity index (χ2n) is 3.27. The predicted octanol–water partition coefficient (Wildman–Crippen LogP) is 0.493. The van der Waals surface area contributed by atoms with Gasteiger partial charge in [-0.05, 0) is 0 Å². The van der Waals surface area contributed by atoms with Gasteiger partial charge in [-0.1, -0.05) is 13.7 Å². The molecular weight excluding hydrogens is 213 g/mol. The molecule has 6 heteroatoms. The summed E-state index contributed by atoms with van der Waals surface area (Å²) >= 11 is 1.34. The minimum atomic E-state index is -0.327. The molecule has 0 bridgehead atoms. The summed E-state index contributed by atoms with van der Waals surface area (Å²) in [6.45, 7) is 5.28. The summed E-state index contributed by atoms with van der Waals surface area (Å²) in [5.41, 5.74) is 0. The number of Topliss-reactive ketones (excluding diaryl/α,β-unsaturated/α-hetero) is 1. The van der Waals surface area contributed by atoms with Gasteiger partial charge in [0.25, 0.3) is 0 Å². The third-order valence-corrected chi connectivity index (χ3v) is 3.20. The topological polar surface area (TPSA) is 54.5 Å². The van der Waals surface area contributed by atoms with Crippen molar-refractivity contribution in [1.82, 2.24) is 4.90 Å². The van der Waals surface area contributed by atoms with Crippen LogP contribution in [0.1, 0.15) is 19.8 Å². The Kier molecular flexibility index (Phi) is 4.38. The average molecular weight is 226 g/mol. The van der Waals surface area contributed by atoms with Crippen LogP contribution in [0.2, 0.25) is 6.82 Å². The van der Waals surface area contributed by atoms with E-state index in [-0.39, 0.29) is 35.8 Å². The molecular formula is C9H13BNO3S. The van der Waals surface area contributed by atoms with Gasteiger partial charge in [0, 0.05) is 12.8 Å². The van der Waals surface area contributed by atoms with Crippen molar-refractivity contribution in [2.24, 2.45) is 0 Å². The third-order valence-electron chi connectivity index (χ3n) is 2.23. The molecule has 1 aliphatic heterocycles. The SMILES string of the molecule is C[B]SC1CC(=O)N(CC(=O)CC)C1=O. The Bertz CT molecular complexity index is 295. The van der Waals surface area contributed by atoms with Crippen molar-refractivity contribution in [3.05, 3.63) is 0 Å². The number of carbonyl (C=O) groups excluding carboxylic acids is 3. The van der Waals surface area contributed by atoms with E-state index < -0.39 is 0 Å². The first-order valence-electron chi connectivity index (χ1n) is 4.89. The standard InChI is InChI=1S/C9H13BNO3S/c1-3-6(12)5-11-8(13)4-7(9(11)14)15-10-2/h7H,3-5H2,1-2H3. The van der Waals surface area contributed by atoms with Crippen LogP contribution in [-0.2, 0) is 14.4 Å². The summed E-state index contributed by atoms with van der Waals surface area (Å²) in [5, 5.41) is -0.327. The van der Waals surface area contributed by atoms with Crippen molar-refractivity contribution in [1.29, 1.82) is 0 Å². The second-order valence-corrected chi connectivity index (χ2v) is 4.59. The smallest absolute Gasteiger partial charge is 0.242 e. The number of rotatable bonds is 5. The molecule has 0 aliphatic carbocycles. The zero-order chi connectivity index (χ0) is 11.4. The van der Waals surface area contributed by atoms with Gasteiger partial charge in [0.2, 0.25) is 11.8 Å². The van der Waals surface area contributed by atoms with Gasteiger partial charge in [-0.15, -0.1) is 0 Å². The molecule has 0 aromatic heterocycles. The highest BCUT2D eigenvalue weighted by Crippen LogP contribution is 2.23. The average Bonchev–Trinajstić information content (AvgIpc) is 2.46. The molecule has 1 rings (SSSR count). The number of ketones is 1. The van der Waals surface area contributed by atoms with Crippen molar-refractivity contribution in [3.63, 3.8) is 0 Å². The van der Waals surface area contributed by atoms with E-state index >= 15 is 0 Å². The minimum Gasteiger partial charge on any atom is -0.298 e. The number of likely N-dealkylation sites (tertiary alicyclic amines) is 1. The lowest BCUT2D eigenvalue weighted by Gasteiger charge is -2.12. The molecule has 2 amide bonds. The number of nitrogens with zero attached hydrogens (tertiary/aromatic N) is 1. The normalized spacial score (nSPS) is 20.9. The second kappa shape index (κ2) is 5.35. The van der Waals surface area contributed by atoms with Crippen molar-refractivity contribution in [2.45, 2.75) is 31.8 Å². The number of hydrogen-bond donors (Lipinski definition) is 0. The van der Waals surface area contributed by atoms with Crippen molar-refractivity contribution < 1.29 is 14.4 Å². The van der Waals surface area contributed by atoms with E-state index in [2.05, 4.69) is 0 Å². The van der Waals surface area contributed by atoms with Crippen LogP contribution in [0.15, 0.2) is 0 Å². The zero-order valence-corrected chi connectivity index (χ0v) is 9.67. The Morgan fingerprint density at radius 3 is 2.80 bits per heavy atom. The largest absolute Gasteiger partial charge is 0.298 e. The highest BCUT2D eigenvalue weighted by Gasteiger charge is 2.38. The van der Waals surface area contributed by atoms with Crippen LogP contribution in [0.25, 0.3) is 0 Å². The van der Waals surface area contributed by atoms with Crippen LogP contribution in [0.4, 0.5) is 0 Å². The number of imide groups is 1. The van der Waals surface area contributed by atoms with E-state index in [1.54, 1.807) is 13.5 Å². The molecule has 0 N–H and O–H groups in total. The van der Waals surface area contributed by atoms with Gasteiger partial charge in [0.1, 0.15) is 0 Å². The fraction of sp³-hybridized carbons (Fsp3) is 0.667. The van der Waals surface area contributed by atoms with E-state index in [0.717, 1.165) is 4.90 Å². The van der Waals surface area contributed by atoms with Crippen molar-refractivity contribution in [3.8, 4) is 0 Å². The van der Waals surface area contributed by atoms with Crippen LogP contribution in [-0.4, -0.2) is 40.9 Å². The molecule has 1 saturated heterocycles. The van der Waals surface area contributed by atoms with E-state index in [9.17, 15) is 14.4 Å². The fourth-order valence-corrected chi connectivity index (χ4v) is 2.19. The molecule has 81 valence electrons. The molecule has 4 nitrogen and oxygen atoms in total. The molecule has 1 aliphatic rings. The monoisotopic (exact) mass is 226 g/mol. The summed E-state index contributed by atoms with van der Waals surface area (Å²) in [4.78, 5) is 35.4. The lowest BCUT2D eigenvalue weighted by Crippen LogP contribution is -2.35. The highest BCUT2D eigenvalue weighted by molar-refractivity contribution is 8.23. The number of amides is 2. The maximum atomic E-state index is 11.7. The number of hydrogen-bond acceptors (Lipinski definition) is 4. The van der Waals surface area contributed by atoms with Gasteiger partial charge in [0.15, 0.2) is 12.3 Å². The first kappa shape index (κ1) is 12.3. The van der Waals surface area contributed by atoms with Gasteiger partial charge in [-0.3, -0.25) is 19.3 Å². The molecule has 1 unspecified atom stereocenters. The van der Waals surface area contributed by atoms with Crippen LogP contribution < -0.4 is 0 Å². The third kappa shape index (κ3) is 2.84. The van der Waals surface area contributed by atoms with Gasteiger partial charge in [-0.25, -0.2) is 11.6 Å². The molecule has 0 aromatic rings. The molecule has 0 spiro atoms. The van der Waals surface area contributed by atoms with E-state index in [1.807, 2.05) is 6.82 Å². The summed E-state index contributed by atoms with van der Waals surface area (Å²) in [5.74, 6) is -0.547. The Hall–Kier alpha value is -0.775. The summed E-state index contributed by atoms with van der Waals surface area (Å²) in [6.07, 6.45) is 0.569. The quantitative estimate of drug-likeness (QED) is 0.505. The first-order chi connectivity index (χ1) is 7.10. The summed E-state index contributed by atoms with van der Waals surface area (Å²) < 4.78 is 0. The minimum absolute atomic E-state index is 0.0606. The first-order valence-corrected chi connectivity index (χ1v) is 5.83. The zero-order valence-electron chi connectivity index (χ0n) is 8.86. The van der Waals surface area contributed by atoms with Gasteiger partial charge >= 0.3 is 0 Å². The highest BCUT2D eigenvalue weighted by atomic mass is 32.2. The van der Waals surface area contributed by atoms with Gasteiger partial charge in [-0.2, -0.15) is 0 Å². The predicted molar refractivity (Wildman–Crippen MR) is 59.6 cm³/mol. The van der Waals surface area contributed by atoms with Crippen molar-refractivity contribution >= 4 is 35.8 Å². The van der Waals surface area contributed by atoms with Crippen molar-refractivity contribution in [2.75, 3.05) is 6.54 Å². The number of carbonyl (C=O) groups is 3. The Labute approximate surface area is 93.9 Å². The van der Waals surface area contributed by atoms with E-state index in [4.69, 9.17) is 0 Å². The lowest BCUT2D eigenvalue weighted by atomic mass is 10.2. The van der Waals surface area contributed by atoms with Crippen LogP contribution >= 0.6 is 11.6 Å². The molecule has 0 saturated carbocycles. The van der Waals surface area contributed by atoms with E-state index in [0.29, 0.717) is 6.42 Å². The lowest BCUT2D eigenvalue weighted by molar-refractivity contribution is -0.141. The van der Waals surface area contributed by atoms with Crippen LogP contribution in [0.5, 0.6) is 0 Å².